The molecule has 4 nitrogen and oxygen atoms in total. The van der Waals surface area contributed by atoms with Crippen molar-refractivity contribution in [1.29, 1.82) is 0 Å². The van der Waals surface area contributed by atoms with Gasteiger partial charge in [-0.2, -0.15) is 5.06 Å². The van der Waals surface area contributed by atoms with Crippen LogP contribution in [0.3, 0.4) is 0 Å². The van der Waals surface area contributed by atoms with Gasteiger partial charge in [0.05, 0.1) is 17.9 Å². The molecule has 0 aromatic carbocycles. The lowest BCUT2D eigenvalue weighted by molar-refractivity contribution is -0.146. The molecular formula is C8H13NO3S. The minimum atomic E-state index is -2.84. The zero-order chi connectivity index (χ0) is 9.05. The number of fused-ring (bicyclic) bond motifs is 3. The highest BCUT2D eigenvalue weighted by Crippen LogP contribution is 2.40. The first kappa shape index (κ1) is 8.20. The first-order valence-corrected chi connectivity index (χ1v) is 6.55. The van der Waals surface area contributed by atoms with E-state index in [9.17, 15) is 8.42 Å². The van der Waals surface area contributed by atoms with Gasteiger partial charge in [0.1, 0.15) is 5.25 Å². The minimum Gasteiger partial charge on any atom is -0.294 e. The van der Waals surface area contributed by atoms with Crippen molar-refractivity contribution >= 4 is 9.84 Å². The normalized spacial score (nSPS) is 47.8. The highest BCUT2D eigenvalue weighted by Gasteiger charge is 2.55. The summed E-state index contributed by atoms with van der Waals surface area (Å²) in [5, 5.41) is 1.68. The van der Waals surface area contributed by atoms with Crippen LogP contribution >= 0.6 is 0 Å². The Bertz CT molecular complexity index is 326. The van der Waals surface area contributed by atoms with Gasteiger partial charge < -0.3 is 0 Å². The van der Waals surface area contributed by atoms with E-state index >= 15 is 0 Å². The molecule has 0 aromatic rings. The lowest BCUT2D eigenvalue weighted by Gasteiger charge is -2.15. The van der Waals surface area contributed by atoms with Gasteiger partial charge in [0.2, 0.25) is 0 Å². The fourth-order valence-corrected chi connectivity index (χ4v) is 5.04. The first-order valence-electron chi connectivity index (χ1n) is 4.83. The van der Waals surface area contributed by atoms with Crippen molar-refractivity contribution < 1.29 is 13.3 Å². The maximum Gasteiger partial charge on any atom is 0.157 e. The second-order valence-corrected chi connectivity index (χ2v) is 6.39. The lowest BCUT2D eigenvalue weighted by atomic mass is 10.1. The molecule has 3 saturated heterocycles. The molecule has 0 bridgehead atoms. The molecule has 0 radical (unpaired) electrons. The van der Waals surface area contributed by atoms with Gasteiger partial charge in [-0.1, -0.05) is 0 Å². The zero-order valence-electron chi connectivity index (χ0n) is 7.35. The summed E-state index contributed by atoms with van der Waals surface area (Å²) in [6.45, 7) is 0.910. The lowest BCUT2D eigenvalue weighted by Crippen LogP contribution is -2.34. The van der Waals surface area contributed by atoms with Crippen LogP contribution in [0.4, 0.5) is 0 Å². The Kier molecular flexibility index (Phi) is 1.55. The molecule has 3 fully saturated rings. The van der Waals surface area contributed by atoms with E-state index in [1.54, 1.807) is 0 Å². The topological polar surface area (TPSA) is 46.6 Å². The molecule has 0 N–H and O–H groups in total. The van der Waals surface area contributed by atoms with Gasteiger partial charge in [-0.25, -0.2) is 8.42 Å². The highest BCUT2D eigenvalue weighted by atomic mass is 32.2. The predicted molar refractivity (Wildman–Crippen MR) is 46.8 cm³/mol. The Morgan fingerprint density at radius 1 is 1.31 bits per heavy atom. The minimum absolute atomic E-state index is 0.0321. The molecule has 3 atom stereocenters. The van der Waals surface area contributed by atoms with Crippen LogP contribution in [-0.4, -0.2) is 43.2 Å². The summed E-state index contributed by atoms with van der Waals surface area (Å²) in [7, 11) is -2.84. The largest absolute Gasteiger partial charge is 0.294 e. The van der Waals surface area contributed by atoms with E-state index in [0.29, 0.717) is 12.2 Å². The Morgan fingerprint density at radius 2 is 2.15 bits per heavy atom. The summed E-state index contributed by atoms with van der Waals surface area (Å²) in [5.74, 6) is 0.326. The number of nitrogens with zero attached hydrogens (tertiary/aromatic N) is 1. The molecule has 13 heavy (non-hydrogen) atoms. The summed E-state index contributed by atoms with van der Waals surface area (Å²) in [4.78, 5) is 5.60. The molecule has 0 aliphatic carbocycles. The molecule has 0 amide bonds. The molecule has 0 spiro atoms. The molecule has 3 aliphatic heterocycles. The number of hydroxylamine groups is 2. The molecule has 3 rings (SSSR count). The average Bonchev–Trinajstić information content (AvgIpc) is 2.61. The van der Waals surface area contributed by atoms with Crippen LogP contribution in [0.1, 0.15) is 19.3 Å². The van der Waals surface area contributed by atoms with E-state index in [1.807, 2.05) is 5.06 Å². The van der Waals surface area contributed by atoms with Gasteiger partial charge in [-0.15, -0.1) is 0 Å². The van der Waals surface area contributed by atoms with E-state index in [1.165, 1.54) is 0 Å². The number of hydrogen-bond acceptors (Lipinski definition) is 4. The molecule has 3 aliphatic rings. The van der Waals surface area contributed by atoms with Crippen LogP contribution in [0.25, 0.3) is 0 Å². The Labute approximate surface area is 77.7 Å². The van der Waals surface area contributed by atoms with Crippen molar-refractivity contribution in [1.82, 2.24) is 5.06 Å². The van der Waals surface area contributed by atoms with Crippen molar-refractivity contribution in [2.24, 2.45) is 0 Å². The third kappa shape index (κ3) is 1.01. The van der Waals surface area contributed by atoms with Crippen LogP contribution in [0.2, 0.25) is 0 Å². The van der Waals surface area contributed by atoms with E-state index < -0.39 is 9.84 Å². The van der Waals surface area contributed by atoms with Gasteiger partial charge in [0.15, 0.2) is 9.84 Å². The van der Waals surface area contributed by atoms with Crippen LogP contribution in [0.5, 0.6) is 0 Å². The smallest absolute Gasteiger partial charge is 0.157 e. The fraction of sp³-hybridized carbons (Fsp3) is 1.00. The Morgan fingerprint density at radius 3 is 3.00 bits per heavy atom. The van der Waals surface area contributed by atoms with E-state index in [2.05, 4.69) is 0 Å². The summed E-state index contributed by atoms with van der Waals surface area (Å²) < 4.78 is 23.4. The maximum absolute atomic E-state index is 11.7. The second kappa shape index (κ2) is 2.46. The summed E-state index contributed by atoms with van der Waals surface area (Å²) >= 11 is 0. The predicted octanol–water partition coefficient (Wildman–Crippen LogP) is -0.0483. The van der Waals surface area contributed by atoms with Crippen LogP contribution in [0.15, 0.2) is 0 Å². The molecule has 0 unspecified atom stereocenters. The van der Waals surface area contributed by atoms with Crippen molar-refractivity contribution in [2.75, 3.05) is 12.3 Å². The third-order valence-corrected chi connectivity index (χ3v) is 5.62. The zero-order valence-corrected chi connectivity index (χ0v) is 8.16. The van der Waals surface area contributed by atoms with E-state index in [0.717, 1.165) is 19.4 Å². The van der Waals surface area contributed by atoms with Crippen molar-refractivity contribution in [3.05, 3.63) is 0 Å². The molecule has 0 saturated carbocycles. The van der Waals surface area contributed by atoms with Gasteiger partial charge >= 0.3 is 0 Å². The Hall–Kier alpha value is -0.130. The second-order valence-electron chi connectivity index (χ2n) is 4.11. The van der Waals surface area contributed by atoms with Crippen LogP contribution in [-0.2, 0) is 14.7 Å². The van der Waals surface area contributed by atoms with Crippen molar-refractivity contribution in [2.45, 2.75) is 36.7 Å². The standard InChI is InChI=1S/C8H13NO3S/c10-13(11)5-3-7-8(13)6-2-1-4-9(6)12-7/h6-8H,1-5H2/t6-,7-,8-/m1/s1. The average molecular weight is 203 g/mol. The summed E-state index contributed by atoms with van der Waals surface area (Å²) in [6, 6.07) is 0.164. The summed E-state index contributed by atoms with van der Waals surface area (Å²) in [6.07, 6.45) is 2.72. The highest BCUT2D eigenvalue weighted by molar-refractivity contribution is 7.92. The van der Waals surface area contributed by atoms with Gasteiger partial charge in [-0.3, -0.25) is 4.84 Å². The Balaban J connectivity index is 1.98. The first-order chi connectivity index (χ1) is 6.18. The fourth-order valence-electron chi connectivity index (χ4n) is 2.81. The van der Waals surface area contributed by atoms with Gasteiger partial charge in [0.25, 0.3) is 0 Å². The van der Waals surface area contributed by atoms with Gasteiger partial charge in [0, 0.05) is 6.54 Å². The van der Waals surface area contributed by atoms with Crippen molar-refractivity contribution in [3.63, 3.8) is 0 Å². The third-order valence-electron chi connectivity index (χ3n) is 3.37. The monoisotopic (exact) mass is 203 g/mol. The number of sulfone groups is 1. The molecular weight excluding hydrogens is 190 g/mol. The quantitative estimate of drug-likeness (QED) is 0.554. The molecule has 0 aromatic heterocycles. The SMILES string of the molecule is O=S1(=O)CC[C@H]2ON3CCC[C@@H]3[C@H]21. The van der Waals surface area contributed by atoms with E-state index in [-0.39, 0.29) is 17.4 Å². The molecule has 74 valence electrons. The summed E-state index contributed by atoms with van der Waals surface area (Å²) in [5.41, 5.74) is 0. The maximum atomic E-state index is 11.7. The number of rotatable bonds is 0. The van der Waals surface area contributed by atoms with Gasteiger partial charge in [-0.05, 0) is 19.3 Å². The number of hydrogen-bond donors (Lipinski definition) is 0. The van der Waals surface area contributed by atoms with E-state index in [4.69, 9.17) is 4.84 Å². The van der Waals surface area contributed by atoms with Crippen LogP contribution in [0, 0.1) is 0 Å². The van der Waals surface area contributed by atoms with Crippen LogP contribution < -0.4 is 0 Å². The van der Waals surface area contributed by atoms with Crippen molar-refractivity contribution in [3.8, 4) is 0 Å². The molecule has 5 heteroatoms. The molecule has 3 heterocycles.